The van der Waals surface area contributed by atoms with Gasteiger partial charge in [0, 0.05) is 122 Å². The summed E-state index contributed by atoms with van der Waals surface area (Å²) in [4.78, 5) is 87.3. The summed E-state index contributed by atoms with van der Waals surface area (Å²) in [6.07, 6.45) is 4.27. The van der Waals surface area contributed by atoms with Gasteiger partial charge in [0.1, 0.15) is 35.8 Å². The number of rotatable bonds is 31. The fraction of sp³-hybridized carbons (Fsp3) is 0.602. The number of hydrogen-bond acceptors (Lipinski definition) is 19. The van der Waals surface area contributed by atoms with Gasteiger partial charge in [0.15, 0.2) is 0 Å². The van der Waals surface area contributed by atoms with Gasteiger partial charge < -0.3 is 76.3 Å². The Hall–Kier alpha value is -7.59. The highest BCUT2D eigenvalue weighted by Gasteiger charge is 2.59. The topological polar surface area (TPSA) is 300 Å². The maximum absolute atomic E-state index is 14.3. The molecule has 9 aliphatic rings. The maximum atomic E-state index is 14.3. The van der Waals surface area contributed by atoms with Gasteiger partial charge in [-0.2, -0.15) is 10.1 Å². The average molecular weight is 1550 g/mol. The molecule has 4 bridgehead atoms. The fourth-order valence-corrected chi connectivity index (χ4v) is 19.8. The average Bonchev–Trinajstić information content (AvgIpc) is 0.840. The van der Waals surface area contributed by atoms with Gasteiger partial charge in [-0.1, -0.05) is 108 Å². The van der Waals surface area contributed by atoms with Gasteiger partial charge in [-0.3, -0.25) is 33.6 Å². The number of hydroxylamine groups is 4. The van der Waals surface area contributed by atoms with Crippen molar-refractivity contribution in [3.05, 3.63) is 137 Å². The van der Waals surface area contributed by atoms with Crippen LogP contribution in [0.2, 0.25) is 0 Å². The second kappa shape index (κ2) is 36.9. The minimum atomic E-state index is -0.928. The molecule has 6 aliphatic carbocycles. The number of likely N-dealkylation sites (N-methyl/N-ethyl adjacent to an activating group) is 1. The monoisotopic (exact) mass is 1550 g/mol. The Kier molecular flexibility index (Phi) is 28.1. The largest absolute Gasteiger partial charge is 0.496 e. The van der Waals surface area contributed by atoms with Gasteiger partial charge in [-0.05, 0) is 197 Å². The number of aliphatic hydroxyl groups is 5. The van der Waals surface area contributed by atoms with Crippen molar-refractivity contribution in [2.45, 2.75) is 194 Å². The Morgan fingerprint density at radius 3 is 1.52 bits per heavy atom. The van der Waals surface area contributed by atoms with Gasteiger partial charge in [0.2, 0.25) is 17.7 Å². The summed E-state index contributed by atoms with van der Waals surface area (Å²) in [6, 6.07) is 30.8. The lowest BCUT2D eigenvalue weighted by Crippen LogP contribution is -2.62. The minimum absolute atomic E-state index is 0.00892. The number of hydrogen-bond donors (Lipinski definition) is 10. The van der Waals surface area contributed by atoms with Crippen LogP contribution < -0.4 is 41.0 Å². The number of fused-ring (bicyclic) bond motifs is 4. The highest BCUT2D eigenvalue weighted by atomic mass is 16.7. The van der Waals surface area contributed by atoms with Crippen LogP contribution >= 0.6 is 0 Å². The summed E-state index contributed by atoms with van der Waals surface area (Å²) in [5, 5.41) is 71.6. The second-order valence-corrected chi connectivity index (χ2v) is 34.8. The Labute approximate surface area is 662 Å². The SMILES string of the molecule is COc1c(CN2O[C@@H](CO)[C@H]([C@H](C)O)[C@H]2C(=O)N[C@H]2C[C@H]3C[C@@H]([C@@H]2C)C3(C)C)cccc1-c1cc(C(=O)N[C@@H](CCO)CN2CCCC2)cc(N(C)C)c1.COc1c(CN2O[C@@H](CO)[C@H]([C@H](C)O)[C@H]2C(=O)N[C@H]2C[C@H]3C[C@@H]([C@@H]2C)C3(C)C)cccc1-c1cc(CNC(C)=O)cc(C(=O)N[C@@H](Cc2ccccc2)CN(C)C)c1. The number of methoxy groups -OCH3 is 2. The first-order chi connectivity index (χ1) is 53.4. The van der Waals surface area contributed by atoms with E-state index in [9.17, 15) is 49.5 Å². The number of aliphatic hydroxyl groups excluding tert-OH is 5. The molecule has 24 heteroatoms. The summed E-state index contributed by atoms with van der Waals surface area (Å²) in [5.74, 6) is 1.55. The molecule has 9 fully saturated rings. The zero-order chi connectivity index (χ0) is 80.8. The molecule has 0 radical (unpaired) electrons. The normalized spacial score (nSPS) is 27.4. The molecule has 112 heavy (non-hydrogen) atoms. The smallest absolute Gasteiger partial charge is 0.251 e. The van der Waals surface area contributed by atoms with Crippen molar-refractivity contribution in [3.63, 3.8) is 0 Å². The van der Waals surface area contributed by atoms with E-state index in [0.29, 0.717) is 101 Å². The van der Waals surface area contributed by atoms with E-state index in [-0.39, 0.29) is 104 Å². The Balaban J connectivity index is 0.000000222. The lowest BCUT2D eigenvalue weighted by atomic mass is 9.45. The summed E-state index contributed by atoms with van der Waals surface area (Å²) in [5.41, 5.74) is 8.58. The lowest BCUT2D eigenvalue weighted by molar-refractivity contribution is -0.183. The van der Waals surface area contributed by atoms with Gasteiger partial charge in [0.05, 0.1) is 52.7 Å². The van der Waals surface area contributed by atoms with E-state index in [1.807, 2.05) is 123 Å². The number of ether oxygens (including phenoxy) is 2. The van der Waals surface area contributed by atoms with Gasteiger partial charge in [-0.25, -0.2) is 0 Å². The molecular weight excluding hydrogens is 1420 g/mol. The Morgan fingerprint density at radius 1 is 0.607 bits per heavy atom. The minimum Gasteiger partial charge on any atom is -0.496 e. The maximum Gasteiger partial charge on any atom is 0.251 e. The summed E-state index contributed by atoms with van der Waals surface area (Å²) >= 11 is 0. The van der Waals surface area contributed by atoms with Crippen molar-refractivity contribution in [3.8, 4) is 33.8 Å². The van der Waals surface area contributed by atoms with Crippen LogP contribution in [0.5, 0.6) is 11.5 Å². The lowest BCUT2D eigenvalue weighted by Gasteiger charge is -2.62. The third kappa shape index (κ3) is 19.0. The van der Waals surface area contributed by atoms with E-state index in [4.69, 9.17) is 19.1 Å². The number of anilines is 1. The van der Waals surface area contributed by atoms with Gasteiger partial charge in [-0.15, -0.1) is 0 Å². The molecule has 3 heterocycles. The molecule has 14 rings (SSSR count). The molecule has 612 valence electrons. The first-order valence-corrected chi connectivity index (χ1v) is 40.6. The summed E-state index contributed by atoms with van der Waals surface area (Å²) < 4.78 is 12.2. The number of benzene rings is 5. The van der Waals surface area contributed by atoms with E-state index < -0.39 is 48.3 Å². The van der Waals surface area contributed by atoms with E-state index in [1.165, 1.54) is 19.8 Å². The molecule has 0 aromatic heterocycles. The van der Waals surface area contributed by atoms with Crippen LogP contribution in [0.1, 0.15) is 150 Å². The first kappa shape index (κ1) is 85.3. The van der Waals surface area contributed by atoms with Crippen molar-refractivity contribution in [1.29, 1.82) is 0 Å². The summed E-state index contributed by atoms with van der Waals surface area (Å²) in [7, 11) is 11.0. The third-order valence-electron chi connectivity index (χ3n) is 26.2. The molecule has 6 saturated carbocycles. The van der Waals surface area contributed by atoms with Crippen molar-refractivity contribution in [2.75, 3.05) is 93.3 Å². The molecule has 3 aliphatic heterocycles. The predicted octanol–water partition coefficient (Wildman–Crippen LogP) is 8.23. The van der Waals surface area contributed by atoms with Crippen LogP contribution in [0.3, 0.4) is 0 Å². The quantitative estimate of drug-likeness (QED) is 0.0200. The van der Waals surface area contributed by atoms with Crippen LogP contribution in [0, 0.1) is 58.2 Å². The van der Waals surface area contributed by atoms with Crippen LogP contribution in [0.4, 0.5) is 5.69 Å². The third-order valence-corrected chi connectivity index (χ3v) is 26.2. The molecule has 18 atom stereocenters. The highest BCUT2D eigenvalue weighted by Crippen LogP contribution is 2.62. The standard InChI is InChI=1S/C46H63N5O7.C42H63N5O7/c1-27-38-21-35(46(38,4)5)22-39(27)49-45(56)42-41(28(2)53)40(26-52)58-51(42)24-32-15-12-16-37(43(32)57-8)33-17-31(23-47-29(3)54)18-34(20-33)44(55)48-36(25-50(6)7)19-30-13-10-9-11-14-30;1-25-34-20-30(42(34,3)4)21-35(25)44-41(52)38-37(26(2)50)36(24-49)54-47(38)22-27-11-10-12-33(39(27)53-7)28-17-29(19-32(18-28)45(5)6)40(51)43-31(13-16-48)23-46-14-8-9-15-46/h9-18,20,27-28,35-36,38-42,52-53H,19,21-26H2,1-8H3,(H,47,54)(H,48,55)(H,49,56);10-12,17-19,25-26,30-31,34-38,48-50H,8-9,13-16,20-24H2,1-7H3,(H,43,51)(H,44,52)/t27-,28-,35+,36-,38-,39-,40-,41-,42-;25-,26-,30+,31-,34-,35-,36-,37-,38-/m00/s1. The molecule has 5 amide bonds. The number of nitrogens with one attached hydrogen (secondary N) is 5. The molecule has 3 saturated heterocycles. The van der Waals surface area contributed by atoms with Crippen LogP contribution in [0.15, 0.2) is 103 Å². The van der Waals surface area contributed by atoms with E-state index in [2.05, 4.69) is 85.2 Å². The molecule has 0 spiro atoms. The number of likely N-dealkylation sites (tertiary alicyclic amines) is 1. The van der Waals surface area contributed by atoms with E-state index in [0.717, 1.165) is 72.3 Å². The zero-order valence-electron chi connectivity index (χ0n) is 68.6. The molecule has 5 aromatic carbocycles. The molecule has 10 N–H and O–H groups in total. The van der Waals surface area contributed by atoms with Crippen LogP contribution in [-0.2, 0) is 50.1 Å². The van der Waals surface area contributed by atoms with Crippen molar-refractivity contribution in [1.82, 2.24) is 46.5 Å². The van der Waals surface area contributed by atoms with Crippen LogP contribution in [0.25, 0.3) is 22.3 Å². The number of para-hydroxylation sites is 2. The molecular formula is C88H126N10O14. The van der Waals surface area contributed by atoms with E-state index in [1.54, 1.807) is 44.3 Å². The predicted molar refractivity (Wildman–Crippen MR) is 432 cm³/mol. The number of amides is 5. The van der Waals surface area contributed by atoms with Gasteiger partial charge in [0.25, 0.3) is 11.8 Å². The molecule has 24 nitrogen and oxygen atoms in total. The number of carbonyl (C=O) groups excluding carboxylic acids is 5. The molecule has 5 aromatic rings. The van der Waals surface area contributed by atoms with E-state index >= 15 is 0 Å². The van der Waals surface area contributed by atoms with Crippen molar-refractivity contribution >= 4 is 35.2 Å². The Morgan fingerprint density at radius 2 is 1.09 bits per heavy atom. The first-order valence-electron chi connectivity index (χ1n) is 40.6. The van der Waals surface area contributed by atoms with Crippen molar-refractivity contribution in [2.24, 2.45) is 58.2 Å². The van der Waals surface area contributed by atoms with Crippen LogP contribution in [-0.4, -0.2) is 224 Å². The number of carbonyl (C=O) groups is 5. The van der Waals surface area contributed by atoms with Crippen molar-refractivity contribution < 1.29 is 68.7 Å². The highest BCUT2D eigenvalue weighted by molar-refractivity contribution is 5.98. The fourth-order valence-electron chi connectivity index (χ4n) is 19.8. The zero-order valence-corrected chi connectivity index (χ0v) is 68.6. The summed E-state index contributed by atoms with van der Waals surface area (Å²) in [6.45, 7) is 21.6. The number of nitrogens with zero attached hydrogens (tertiary/aromatic N) is 5. The van der Waals surface area contributed by atoms with Gasteiger partial charge >= 0.3 is 0 Å². The Bertz CT molecular complexity index is 4060. The molecule has 0 unspecified atom stereocenters. The second-order valence-electron chi connectivity index (χ2n) is 34.8.